The summed E-state index contributed by atoms with van der Waals surface area (Å²) < 4.78 is 5.39. The molecule has 5 nitrogen and oxygen atoms in total. The van der Waals surface area contributed by atoms with Crippen LogP contribution in [0, 0.1) is 0 Å². The minimum absolute atomic E-state index is 0.101. The fourth-order valence-corrected chi connectivity index (χ4v) is 4.86. The van der Waals surface area contributed by atoms with E-state index < -0.39 is 0 Å². The Kier molecular flexibility index (Phi) is 4.68. The molecule has 0 aliphatic carbocycles. The SMILES string of the molecule is COc1cccc(CN2CC[C@@]3(C2)CN(Cc2ccccn2)c2cccnc23)c1. The summed E-state index contributed by atoms with van der Waals surface area (Å²) in [6.45, 7) is 4.90. The van der Waals surface area contributed by atoms with Crippen LogP contribution in [0.3, 0.4) is 0 Å². The lowest BCUT2D eigenvalue weighted by Gasteiger charge is -2.26. The number of pyridine rings is 2. The average Bonchev–Trinajstić information content (AvgIpc) is 3.30. The quantitative estimate of drug-likeness (QED) is 0.670. The molecule has 29 heavy (non-hydrogen) atoms. The molecular weight excluding hydrogens is 360 g/mol. The van der Waals surface area contributed by atoms with Gasteiger partial charge in [-0.1, -0.05) is 18.2 Å². The van der Waals surface area contributed by atoms with Gasteiger partial charge in [0.05, 0.1) is 30.7 Å². The molecule has 1 atom stereocenters. The van der Waals surface area contributed by atoms with Gasteiger partial charge in [0.1, 0.15) is 5.75 Å². The molecule has 5 heteroatoms. The topological polar surface area (TPSA) is 41.5 Å². The van der Waals surface area contributed by atoms with E-state index in [-0.39, 0.29) is 5.41 Å². The minimum atomic E-state index is 0.101. The van der Waals surface area contributed by atoms with Gasteiger partial charge in [0.25, 0.3) is 0 Å². The van der Waals surface area contributed by atoms with Gasteiger partial charge in [-0.05, 0) is 54.9 Å². The maximum Gasteiger partial charge on any atom is 0.119 e. The number of fused-ring (bicyclic) bond motifs is 2. The van der Waals surface area contributed by atoms with Gasteiger partial charge >= 0.3 is 0 Å². The molecule has 2 aliphatic heterocycles. The van der Waals surface area contributed by atoms with Crippen LogP contribution >= 0.6 is 0 Å². The first-order valence-electron chi connectivity index (χ1n) is 10.2. The zero-order valence-electron chi connectivity index (χ0n) is 16.8. The third kappa shape index (κ3) is 3.47. The van der Waals surface area contributed by atoms with Crippen LogP contribution in [-0.4, -0.2) is 41.6 Å². The highest BCUT2D eigenvalue weighted by Crippen LogP contribution is 2.45. The number of methoxy groups -OCH3 is 1. The third-order valence-electron chi connectivity index (χ3n) is 6.18. The highest BCUT2D eigenvalue weighted by Gasteiger charge is 2.48. The molecule has 0 radical (unpaired) electrons. The van der Waals surface area contributed by atoms with E-state index in [1.165, 1.54) is 16.9 Å². The zero-order chi connectivity index (χ0) is 19.7. The van der Waals surface area contributed by atoms with E-state index in [9.17, 15) is 0 Å². The second-order valence-electron chi connectivity index (χ2n) is 8.14. The standard InChI is InChI=1S/C24H26N4O/c1-29-21-8-4-6-19(14-21)15-27-13-10-24(17-27)18-28(16-20-7-2-3-11-25-20)22-9-5-12-26-23(22)24/h2-9,11-12,14H,10,13,15-18H2,1H3/t24-/m1/s1. The van der Waals surface area contributed by atoms with E-state index in [0.717, 1.165) is 50.6 Å². The van der Waals surface area contributed by atoms with Crippen LogP contribution in [0.5, 0.6) is 5.75 Å². The predicted molar refractivity (Wildman–Crippen MR) is 114 cm³/mol. The van der Waals surface area contributed by atoms with Gasteiger partial charge in [-0.2, -0.15) is 0 Å². The van der Waals surface area contributed by atoms with Crippen molar-refractivity contribution in [1.82, 2.24) is 14.9 Å². The van der Waals surface area contributed by atoms with Crippen molar-refractivity contribution in [3.05, 3.63) is 83.9 Å². The third-order valence-corrected chi connectivity index (χ3v) is 6.18. The molecule has 0 unspecified atom stereocenters. The predicted octanol–water partition coefficient (Wildman–Crippen LogP) is 3.65. The first-order chi connectivity index (χ1) is 14.3. The number of hydrogen-bond acceptors (Lipinski definition) is 5. The molecule has 1 aromatic carbocycles. The van der Waals surface area contributed by atoms with Gasteiger partial charge in [0, 0.05) is 37.4 Å². The summed E-state index contributed by atoms with van der Waals surface area (Å²) in [4.78, 5) is 14.4. The fourth-order valence-electron chi connectivity index (χ4n) is 4.86. The number of ether oxygens (including phenoxy) is 1. The second kappa shape index (κ2) is 7.48. The van der Waals surface area contributed by atoms with Crippen molar-refractivity contribution in [3.8, 4) is 5.75 Å². The second-order valence-corrected chi connectivity index (χ2v) is 8.14. The summed E-state index contributed by atoms with van der Waals surface area (Å²) in [6, 6.07) is 18.8. The van der Waals surface area contributed by atoms with Gasteiger partial charge in [-0.25, -0.2) is 0 Å². The van der Waals surface area contributed by atoms with E-state index in [1.54, 1.807) is 7.11 Å². The van der Waals surface area contributed by atoms with Crippen molar-refractivity contribution in [2.75, 3.05) is 31.6 Å². The normalized spacial score (nSPS) is 20.9. The van der Waals surface area contributed by atoms with E-state index in [4.69, 9.17) is 9.72 Å². The maximum atomic E-state index is 5.39. The van der Waals surface area contributed by atoms with Crippen LogP contribution < -0.4 is 9.64 Å². The Balaban J connectivity index is 1.36. The summed E-state index contributed by atoms with van der Waals surface area (Å²) >= 11 is 0. The molecular formula is C24H26N4O. The largest absolute Gasteiger partial charge is 0.497 e. The van der Waals surface area contributed by atoms with E-state index in [1.807, 2.05) is 30.6 Å². The van der Waals surface area contributed by atoms with Crippen LogP contribution in [0.1, 0.15) is 23.4 Å². The lowest BCUT2D eigenvalue weighted by Crippen LogP contribution is -2.36. The first-order valence-corrected chi connectivity index (χ1v) is 10.2. The summed E-state index contributed by atoms with van der Waals surface area (Å²) in [5.74, 6) is 0.922. The van der Waals surface area contributed by atoms with Crippen LogP contribution in [0.4, 0.5) is 5.69 Å². The van der Waals surface area contributed by atoms with Crippen molar-refractivity contribution in [1.29, 1.82) is 0 Å². The molecule has 1 saturated heterocycles. The zero-order valence-corrected chi connectivity index (χ0v) is 16.8. The number of hydrogen-bond donors (Lipinski definition) is 0. The Hall–Kier alpha value is -2.92. The highest BCUT2D eigenvalue weighted by molar-refractivity contribution is 5.60. The fraction of sp³-hybridized carbons (Fsp3) is 0.333. The van der Waals surface area contributed by atoms with Crippen molar-refractivity contribution in [3.63, 3.8) is 0 Å². The highest BCUT2D eigenvalue weighted by atomic mass is 16.5. The average molecular weight is 386 g/mol. The molecule has 0 amide bonds. The summed E-state index contributed by atoms with van der Waals surface area (Å²) in [5.41, 5.74) is 5.02. The van der Waals surface area contributed by atoms with Crippen molar-refractivity contribution >= 4 is 5.69 Å². The minimum Gasteiger partial charge on any atom is -0.497 e. The smallest absolute Gasteiger partial charge is 0.119 e. The molecule has 4 heterocycles. The summed E-state index contributed by atoms with van der Waals surface area (Å²) in [7, 11) is 1.72. The summed E-state index contributed by atoms with van der Waals surface area (Å²) in [5, 5.41) is 0. The Morgan fingerprint density at radius 2 is 1.90 bits per heavy atom. The lowest BCUT2D eigenvalue weighted by molar-refractivity contribution is 0.304. The van der Waals surface area contributed by atoms with Crippen molar-refractivity contribution in [2.24, 2.45) is 0 Å². The first kappa shape index (κ1) is 18.1. The molecule has 5 rings (SSSR count). The molecule has 2 aromatic heterocycles. The number of nitrogens with zero attached hydrogens (tertiary/aromatic N) is 4. The number of likely N-dealkylation sites (tertiary alicyclic amines) is 1. The molecule has 0 N–H and O–H groups in total. The van der Waals surface area contributed by atoms with Gasteiger partial charge in [0.15, 0.2) is 0 Å². The van der Waals surface area contributed by atoms with Crippen molar-refractivity contribution in [2.45, 2.75) is 24.9 Å². The Morgan fingerprint density at radius 3 is 2.76 bits per heavy atom. The number of rotatable bonds is 5. The summed E-state index contributed by atoms with van der Waals surface area (Å²) in [6.07, 6.45) is 4.95. The van der Waals surface area contributed by atoms with E-state index in [2.05, 4.69) is 51.2 Å². The van der Waals surface area contributed by atoms with Gasteiger partial charge in [0.2, 0.25) is 0 Å². The molecule has 0 bridgehead atoms. The number of anilines is 1. The van der Waals surface area contributed by atoms with Crippen LogP contribution in [0.2, 0.25) is 0 Å². The van der Waals surface area contributed by atoms with Gasteiger partial charge in [-0.15, -0.1) is 0 Å². The molecule has 0 saturated carbocycles. The van der Waals surface area contributed by atoms with Gasteiger partial charge in [-0.3, -0.25) is 14.9 Å². The van der Waals surface area contributed by atoms with E-state index in [0.29, 0.717) is 0 Å². The number of aromatic nitrogens is 2. The van der Waals surface area contributed by atoms with Gasteiger partial charge < -0.3 is 9.64 Å². The maximum absolute atomic E-state index is 5.39. The van der Waals surface area contributed by atoms with Crippen molar-refractivity contribution < 1.29 is 4.74 Å². The molecule has 1 spiro atoms. The molecule has 3 aromatic rings. The Bertz CT molecular complexity index is 993. The van der Waals surface area contributed by atoms with Crippen LogP contribution in [-0.2, 0) is 18.5 Å². The van der Waals surface area contributed by atoms with E-state index >= 15 is 0 Å². The van der Waals surface area contributed by atoms with Crippen LogP contribution in [0.15, 0.2) is 67.0 Å². The Labute approximate surface area is 172 Å². The van der Waals surface area contributed by atoms with Crippen LogP contribution in [0.25, 0.3) is 0 Å². The molecule has 1 fully saturated rings. The molecule has 148 valence electrons. The lowest BCUT2D eigenvalue weighted by atomic mass is 9.85. The Morgan fingerprint density at radius 1 is 0.966 bits per heavy atom. The monoisotopic (exact) mass is 386 g/mol. The number of benzene rings is 1. The molecule has 2 aliphatic rings.